The van der Waals surface area contributed by atoms with E-state index in [1.165, 1.54) is 4.31 Å². The number of amides is 1. The number of carbonyl (C=O) groups is 1. The number of pyridine rings is 1. The van der Waals surface area contributed by atoms with Crippen molar-refractivity contribution < 1.29 is 13.2 Å². The molecule has 1 aromatic carbocycles. The van der Waals surface area contributed by atoms with Crippen LogP contribution in [0.2, 0.25) is 0 Å². The van der Waals surface area contributed by atoms with E-state index >= 15 is 0 Å². The first kappa shape index (κ1) is 21.0. The maximum atomic E-state index is 13.0. The smallest absolute Gasteiger partial charge is 0.243 e. The van der Waals surface area contributed by atoms with E-state index in [-0.39, 0.29) is 17.3 Å². The SMILES string of the molecule is CC(C)c1ccc(S(=O)(=O)N2CCCC(C(=O)Nc3ccc(Br)cn3)C2)cc1. The van der Waals surface area contributed by atoms with Crippen molar-refractivity contribution in [3.63, 3.8) is 0 Å². The van der Waals surface area contributed by atoms with E-state index < -0.39 is 15.9 Å². The third-order valence-electron chi connectivity index (χ3n) is 4.92. The maximum absolute atomic E-state index is 13.0. The summed E-state index contributed by atoms with van der Waals surface area (Å²) in [5.41, 5.74) is 1.09. The van der Waals surface area contributed by atoms with Gasteiger partial charge in [0.1, 0.15) is 5.82 Å². The zero-order valence-corrected chi connectivity index (χ0v) is 18.3. The number of nitrogens with zero attached hydrogens (tertiary/aromatic N) is 2. The molecule has 0 aliphatic carbocycles. The molecule has 0 radical (unpaired) electrons. The lowest BCUT2D eigenvalue weighted by Crippen LogP contribution is -2.43. The number of nitrogens with one attached hydrogen (secondary N) is 1. The molecule has 0 saturated carbocycles. The van der Waals surface area contributed by atoms with Crippen molar-refractivity contribution >= 4 is 37.7 Å². The Morgan fingerprint density at radius 2 is 1.93 bits per heavy atom. The molecule has 8 heteroatoms. The number of sulfonamides is 1. The second-order valence-corrected chi connectivity index (χ2v) is 10.1. The van der Waals surface area contributed by atoms with E-state index in [2.05, 4.69) is 40.1 Å². The number of anilines is 1. The minimum Gasteiger partial charge on any atom is -0.310 e. The zero-order valence-electron chi connectivity index (χ0n) is 15.9. The summed E-state index contributed by atoms with van der Waals surface area (Å²) in [6, 6.07) is 10.5. The van der Waals surface area contributed by atoms with Crippen LogP contribution in [0.15, 0.2) is 52.0 Å². The third-order valence-corrected chi connectivity index (χ3v) is 7.27. The van der Waals surface area contributed by atoms with Gasteiger partial charge < -0.3 is 5.32 Å². The van der Waals surface area contributed by atoms with Gasteiger partial charge in [0.25, 0.3) is 0 Å². The number of benzene rings is 1. The van der Waals surface area contributed by atoms with Gasteiger partial charge in [-0.15, -0.1) is 0 Å². The van der Waals surface area contributed by atoms with Crippen molar-refractivity contribution in [3.8, 4) is 0 Å². The van der Waals surface area contributed by atoms with E-state index in [0.717, 1.165) is 10.0 Å². The molecule has 1 atom stereocenters. The predicted molar refractivity (Wildman–Crippen MR) is 113 cm³/mol. The molecular weight excluding hydrogens is 442 g/mol. The van der Waals surface area contributed by atoms with Crippen LogP contribution < -0.4 is 5.32 Å². The summed E-state index contributed by atoms with van der Waals surface area (Å²) in [7, 11) is -3.62. The van der Waals surface area contributed by atoms with Crippen LogP contribution in [0.5, 0.6) is 0 Å². The van der Waals surface area contributed by atoms with Crippen LogP contribution >= 0.6 is 15.9 Å². The highest BCUT2D eigenvalue weighted by molar-refractivity contribution is 9.10. The largest absolute Gasteiger partial charge is 0.310 e. The normalized spacial score (nSPS) is 18.2. The molecule has 6 nitrogen and oxygen atoms in total. The molecule has 3 rings (SSSR count). The fraction of sp³-hybridized carbons (Fsp3) is 0.400. The van der Waals surface area contributed by atoms with Crippen LogP contribution in [-0.4, -0.2) is 36.7 Å². The van der Waals surface area contributed by atoms with Crippen LogP contribution in [0.3, 0.4) is 0 Å². The molecule has 1 unspecified atom stereocenters. The van der Waals surface area contributed by atoms with Crippen LogP contribution in [-0.2, 0) is 14.8 Å². The number of rotatable bonds is 5. The Morgan fingerprint density at radius 3 is 2.54 bits per heavy atom. The monoisotopic (exact) mass is 465 g/mol. The first-order valence-corrected chi connectivity index (χ1v) is 11.5. The molecule has 0 bridgehead atoms. The molecule has 2 aromatic rings. The van der Waals surface area contributed by atoms with Crippen LogP contribution in [0.25, 0.3) is 0 Å². The number of aromatic nitrogens is 1. The van der Waals surface area contributed by atoms with E-state index in [4.69, 9.17) is 0 Å². The maximum Gasteiger partial charge on any atom is 0.243 e. The van der Waals surface area contributed by atoms with Crippen LogP contribution in [0, 0.1) is 5.92 Å². The van der Waals surface area contributed by atoms with Crippen LogP contribution in [0.4, 0.5) is 5.82 Å². The first-order valence-electron chi connectivity index (χ1n) is 9.30. The van der Waals surface area contributed by atoms with Gasteiger partial charge in [-0.3, -0.25) is 4.79 Å². The molecule has 150 valence electrons. The summed E-state index contributed by atoms with van der Waals surface area (Å²) in [4.78, 5) is 17.0. The van der Waals surface area contributed by atoms with Gasteiger partial charge in [0.05, 0.1) is 10.8 Å². The fourth-order valence-electron chi connectivity index (χ4n) is 3.23. The lowest BCUT2D eigenvalue weighted by molar-refractivity contribution is -0.120. The lowest BCUT2D eigenvalue weighted by Gasteiger charge is -2.31. The fourth-order valence-corrected chi connectivity index (χ4v) is 4.98. The summed E-state index contributed by atoms with van der Waals surface area (Å²) in [5, 5.41) is 2.78. The molecule has 1 aliphatic heterocycles. The van der Waals surface area contributed by atoms with Gasteiger partial charge in [0.2, 0.25) is 15.9 Å². The number of hydrogen-bond donors (Lipinski definition) is 1. The summed E-state index contributed by atoms with van der Waals surface area (Å²) in [6.07, 6.45) is 2.91. The van der Waals surface area contributed by atoms with Gasteiger partial charge >= 0.3 is 0 Å². The molecular formula is C20H24BrN3O3S. The molecule has 28 heavy (non-hydrogen) atoms. The van der Waals surface area contributed by atoms with Gasteiger partial charge in [-0.2, -0.15) is 4.31 Å². The Balaban J connectivity index is 1.70. The predicted octanol–water partition coefficient (Wildman–Crippen LogP) is 4.01. The average molecular weight is 466 g/mol. The highest BCUT2D eigenvalue weighted by Crippen LogP contribution is 2.26. The first-order chi connectivity index (χ1) is 13.3. The van der Waals surface area contributed by atoms with Gasteiger partial charge in [-0.1, -0.05) is 26.0 Å². The highest BCUT2D eigenvalue weighted by Gasteiger charge is 2.33. The quantitative estimate of drug-likeness (QED) is 0.723. The standard InChI is InChI=1S/C20H24BrN3O3S/c1-14(2)15-5-8-18(9-6-15)28(26,27)24-11-3-4-16(13-24)20(25)23-19-10-7-17(21)12-22-19/h5-10,12,14,16H,3-4,11,13H2,1-2H3,(H,22,23,25). The van der Waals surface area contributed by atoms with Crippen molar-refractivity contribution in [2.24, 2.45) is 5.92 Å². The van der Waals surface area contributed by atoms with Gasteiger partial charge in [-0.25, -0.2) is 13.4 Å². The second kappa shape index (κ2) is 8.71. The Kier molecular flexibility index (Phi) is 6.52. The number of hydrogen-bond acceptors (Lipinski definition) is 4. The van der Waals surface area contributed by atoms with Crippen molar-refractivity contribution in [2.75, 3.05) is 18.4 Å². The topological polar surface area (TPSA) is 79.4 Å². The number of halogens is 1. The summed E-state index contributed by atoms with van der Waals surface area (Å²) in [5.74, 6) is 0.193. The Morgan fingerprint density at radius 1 is 1.21 bits per heavy atom. The van der Waals surface area contributed by atoms with Crippen molar-refractivity contribution in [2.45, 2.75) is 37.5 Å². The molecule has 1 amide bonds. The molecule has 1 fully saturated rings. The lowest BCUT2D eigenvalue weighted by atomic mass is 9.99. The Labute approximate surface area is 174 Å². The minimum atomic E-state index is -3.62. The highest BCUT2D eigenvalue weighted by atomic mass is 79.9. The summed E-state index contributed by atoms with van der Waals surface area (Å²) < 4.78 is 28.3. The molecule has 1 aromatic heterocycles. The molecule has 1 N–H and O–H groups in total. The second-order valence-electron chi connectivity index (χ2n) is 7.28. The van der Waals surface area contributed by atoms with E-state index in [9.17, 15) is 13.2 Å². The van der Waals surface area contributed by atoms with Gasteiger partial charge in [0, 0.05) is 23.8 Å². The minimum absolute atomic E-state index is 0.177. The molecule has 2 heterocycles. The third kappa shape index (κ3) is 4.79. The number of piperidine rings is 1. The molecule has 1 saturated heterocycles. The Hall–Kier alpha value is -1.77. The molecule has 1 aliphatic rings. The zero-order chi connectivity index (χ0) is 20.3. The van der Waals surface area contributed by atoms with Crippen molar-refractivity contribution in [3.05, 3.63) is 52.6 Å². The van der Waals surface area contributed by atoms with Gasteiger partial charge in [-0.05, 0) is 64.5 Å². The van der Waals surface area contributed by atoms with Crippen molar-refractivity contribution in [1.29, 1.82) is 0 Å². The summed E-state index contributed by atoms with van der Waals surface area (Å²) in [6.45, 7) is 4.74. The van der Waals surface area contributed by atoms with E-state index in [1.807, 2.05) is 12.1 Å². The van der Waals surface area contributed by atoms with E-state index in [1.54, 1.807) is 30.5 Å². The van der Waals surface area contributed by atoms with Gasteiger partial charge in [0.15, 0.2) is 0 Å². The average Bonchev–Trinajstić information content (AvgIpc) is 2.70. The Bertz CT molecular complexity index is 928. The number of carbonyl (C=O) groups excluding carboxylic acids is 1. The molecule has 0 spiro atoms. The summed E-state index contributed by atoms with van der Waals surface area (Å²) >= 11 is 3.30. The van der Waals surface area contributed by atoms with Crippen molar-refractivity contribution in [1.82, 2.24) is 9.29 Å². The van der Waals surface area contributed by atoms with E-state index in [0.29, 0.717) is 31.1 Å². The van der Waals surface area contributed by atoms with Crippen LogP contribution in [0.1, 0.15) is 38.2 Å².